The highest BCUT2D eigenvalue weighted by atomic mass is 35.5. The first-order chi connectivity index (χ1) is 16.2. The highest BCUT2D eigenvalue weighted by Gasteiger charge is 2.18. The number of fused-ring (bicyclic) bond motifs is 1. The van der Waals surface area contributed by atoms with Gasteiger partial charge in [0.2, 0.25) is 0 Å². The van der Waals surface area contributed by atoms with Crippen LogP contribution in [0.25, 0.3) is 27.8 Å². The normalized spacial score (nSPS) is 11.1. The minimum Gasteiger partial charge on any atom is -0.497 e. The Balaban J connectivity index is 1.65. The third-order valence-corrected chi connectivity index (χ3v) is 6.77. The Hall–Kier alpha value is -3.35. The highest BCUT2D eigenvalue weighted by Crippen LogP contribution is 2.38. The second kappa shape index (κ2) is 9.25. The first kappa shape index (κ1) is 21.5. The van der Waals surface area contributed by atoms with Gasteiger partial charge >= 0.3 is 0 Å². The van der Waals surface area contributed by atoms with Crippen molar-refractivity contribution >= 4 is 34.4 Å². The predicted molar refractivity (Wildman–Crippen MR) is 132 cm³/mol. The van der Waals surface area contributed by atoms with Crippen LogP contribution in [0.15, 0.2) is 90.3 Å². The largest absolute Gasteiger partial charge is 0.497 e. The van der Waals surface area contributed by atoms with Gasteiger partial charge in [-0.2, -0.15) is 0 Å². The van der Waals surface area contributed by atoms with Gasteiger partial charge in [0.05, 0.1) is 12.5 Å². The molecule has 0 atom stereocenters. The summed E-state index contributed by atoms with van der Waals surface area (Å²) in [4.78, 5) is 9.16. The van der Waals surface area contributed by atoms with Crippen LogP contribution in [0.1, 0.15) is 5.56 Å². The van der Waals surface area contributed by atoms with E-state index in [1.807, 2.05) is 47.0 Å². The molecule has 3 aromatic carbocycles. The van der Waals surface area contributed by atoms with Crippen molar-refractivity contribution in [1.82, 2.24) is 14.5 Å². The van der Waals surface area contributed by atoms with Crippen LogP contribution < -0.4 is 4.74 Å². The lowest BCUT2D eigenvalue weighted by atomic mass is 10.1. The molecule has 2 heterocycles. The summed E-state index contributed by atoms with van der Waals surface area (Å²) in [6, 6.07) is 22.6. The maximum atomic E-state index is 14.4. The fraction of sp³-hybridized carbons (Fsp3) is 0.0769. The highest BCUT2D eigenvalue weighted by molar-refractivity contribution is 7.98. The number of halogens is 2. The average Bonchev–Trinajstić information content (AvgIpc) is 3.25. The zero-order valence-electron chi connectivity index (χ0n) is 17.7. The van der Waals surface area contributed by atoms with E-state index < -0.39 is 0 Å². The maximum absolute atomic E-state index is 14.4. The zero-order valence-corrected chi connectivity index (χ0v) is 19.3. The van der Waals surface area contributed by atoms with Crippen LogP contribution in [0.4, 0.5) is 4.39 Å². The smallest absolute Gasteiger partial charge is 0.149 e. The fourth-order valence-electron chi connectivity index (χ4n) is 3.73. The molecule has 0 N–H and O–H groups in total. The van der Waals surface area contributed by atoms with Gasteiger partial charge in [-0.25, -0.2) is 14.4 Å². The molecule has 0 bridgehead atoms. The zero-order chi connectivity index (χ0) is 22.8. The summed E-state index contributed by atoms with van der Waals surface area (Å²) in [7, 11) is 1.64. The minimum absolute atomic E-state index is 0.320. The summed E-state index contributed by atoms with van der Waals surface area (Å²) in [5.41, 5.74) is 4.25. The molecule has 0 spiro atoms. The molecule has 0 aliphatic rings. The number of hydrogen-bond donors (Lipinski definition) is 0. The lowest BCUT2D eigenvalue weighted by Crippen LogP contribution is -1.95. The van der Waals surface area contributed by atoms with Crippen LogP contribution in [0, 0.1) is 5.82 Å². The van der Waals surface area contributed by atoms with Crippen LogP contribution >= 0.6 is 23.4 Å². The molecule has 0 saturated heterocycles. The molecular weight excluding hydrogens is 457 g/mol. The maximum Gasteiger partial charge on any atom is 0.149 e. The van der Waals surface area contributed by atoms with Crippen molar-refractivity contribution in [3.8, 4) is 22.6 Å². The average molecular weight is 476 g/mol. The number of rotatable bonds is 6. The van der Waals surface area contributed by atoms with Crippen molar-refractivity contribution < 1.29 is 9.13 Å². The van der Waals surface area contributed by atoms with Crippen LogP contribution in [-0.2, 0) is 5.75 Å². The molecule has 7 heteroatoms. The predicted octanol–water partition coefficient (Wildman–Crippen LogP) is 7.18. The van der Waals surface area contributed by atoms with Gasteiger partial charge in [-0.3, -0.25) is 0 Å². The molecule has 0 fully saturated rings. The van der Waals surface area contributed by atoms with Crippen molar-refractivity contribution in [2.45, 2.75) is 10.8 Å². The Kier molecular flexibility index (Phi) is 6.03. The molecule has 0 aliphatic heterocycles. The molecule has 0 unspecified atom stereocenters. The van der Waals surface area contributed by atoms with Gasteiger partial charge in [-0.05, 0) is 42.0 Å². The summed E-state index contributed by atoms with van der Waals surface area (Å²) < 4.78 is 21.7. The van der Waals surface area contributed by atoms with E-state index in [2.05, 4.69) is 28.3 Å². The SMILES string of the molecule is COc1ccc(-n2cc(-c3ccccc3)c3c(SCc4c(F)cccc4Cl)ncnc32)cc1. The Bertz CT molecular complexity index is 1400. The van der Waals surface area contributed by atoms with E-state index in [0.717, 1.165) is 38.6 Å². The lowest BCUT2D eigenvalue weighted by Gasteiger charge is -2.08. The third-order valence-electron chi connectivity index (χ3n) is 5.40. The molecule has 0 aliphatic carbocycles. The minimum atomic E-state index is -0.320. The van der Waals surface area contributed by atoms with Gasteiger partial charge in [-0.15, -0.1) is 11.8 Å². The van der Waals surface area contributed by atoms with E-state index in [-0.39, 0.29) is 5.82 Å². The first-order valence-corrected chi connectivity index (χ1v) is 11.6. The summed E-state index contributed by atoms with van der Waals surface area (Å²) in [5.74, 6) is 0.824. The molecule has 0 saturated carbocycles. The van der Waals surface area contributed by atoms with Gasteiger partial charge in [0, 0.05) is 33.8 Å². The standard InChI is InChI=1S/C26H19ClFN3OS/c1-32-19-12-10-18(11-13-19)31-14-20(17-6-3-2-4-7-17)24-25(31)29-16-30-26(24)33-15-21-22(27)8-5-9-23(21)28/h2-14,16H,15H2,1H3. The summed E-state index contributed by atoms with van der Waals surface area (Å²) in [6.45, 7) is 0. The molecule has 5 aromatic rings. The Morgan fingerprint density at radius 1 is 0.970 bits per heavy atom. The Morgan fingerprint density at radius 2 is 1.76 bits per heavy atom. The molecule has 4 nitrogen and oxygen atoms in total. The summed E-state index contributed by atoms with van der Waals surface area (Å²) in [6.07, 6.45) is 3.61. The van der Waals surface area contributed by atoms with Gasteiger partial charge < -0.3 is 9.30 Å². The Morgan fingerprint density at radius 3 is 2.48 bits per heavy atom. The monoisotopic (exact) mass is 475 g/mol. The molecule has 33 heavy (non-hydrogen) atoms. The second-order valence-corrected chi connectivity index (χ2v) is 8.71. The molecule has 0 amide bonds. The second-order valence-electron chi connectivity index (χ2n) is 7.34. The first-order valence-electron chi connectivity index (χ1n) is 10.3. The molecule has 0 radical (unpaired) electrons. The summed E-state index contributed by atoms with van der Waals surface area (Å²) in [5, 5.41) is 2.09. The molecule has 5 rings (SSSR count). The van der Waals surface area contributed by atoms with Crippen LogP contribution in [0.5, 0.6) is 5.75 Å². The van der Waals surface area contributed by atoms with Crippen LogP contribution in [-0.4, -0.2) is 21.6 Å². The number of ether oxygens (including phenoxy) is 1. The number of hydrogen-bond acceptors (Lipinski definition) is 4. The quantitative estimate of drug-likeness (QED) is 0.192. The number of thioether (sulfide) groups is 1. The van der Waals surface area contributed by atoms with E-state index in [0.29, 0.717) is 16.3 Å². The number of aromatic nitrogens is 3. The van der Waals surface area contributed by atoms with E-state index in [1.54, 1.807) is 25.6 Å². The van der Waals surface area contributed by atoms with E-state index in [9.17, 15) is 4.39 Å². The van der Waals surface area contributed by atoms with Crippen molar-refractivity contribution in [3.63, 3.8) is 0 Å². The molecule has 164 valence electrons. The van der Waals surface area contributed by atoms with Gasteiger partial charge in [0.15, 0.2) is 0 Å². The molecular formula is C26H19ClFN3OS. The van der Waals surface area contributed by atoms with Crippen LogP contribution in [0.3, 0.4) is 0 Å². The Labute approximate surface area is 200 Å². The van der Waals surface area contributed by atoms with E-state index >= 15 is 0 Å². The van der Waals surface area contributed by atoms with Gasteiger partial charge in [-0.1, -0.05) is 48.0 Å². The number of nitrogens with zero attached hydrogens (tertiary/aromatic N) is 3. The fourth-order valence-corrected chi connectivity index (χ4v) is 5.08. The molecule has 2 aromatic heterocycles. The van der Waals surface area contributed by atoms with E-state index in [4.69, 9.17) is 16.3 Å². The van der Waals surface area contributed by atoms with Gasteiger partial charge in [0.1, 0.15) is 28.6 Å². The van der Waals surface area contributed by atoms with Gasteiger partial charge in [0.25, 0.3) is 0 Å². The topological polar surface area (TPSA) is 39.9 Å². The van der Waals surface area contributed by atoms with Crippen LogP contribution in [0.2, 0.25) is 5.02 Å². The van der Waals surface area contributed by atoms with Crippen molar-refractivity contribution in [3.05, 3.63) is 102 Å². The van der Waals surface area contributed by atoms with Crippen molar-refractivity contribution in [2.75, 3.05) is 7.11 Å². The van der Waals surface area contributed by atoms with E-state index in [1.165, 1.54) is 17.8 Å². The lowest BCUT2D eigenvalue weighted by molar-refractivity contribution is 0.415. The summed E-state index contributed by atoms with van der Waals surface area (Å²) >= 11 is 7.70. The third kappa shape index (κ3) is 4.19. The van der Waals surface area contributed by atoms with Crippen molar-refractivity contribution in [2.24, 2.45) is 0 Å². The number of benzene rings is 3. The number of methoxy groups -OCH3 is 1. The van der Waals surface area contributed by atoms with Crippen molar-refractivity contribution in [1.29, 1.82) is 0 Å².